The number of aryl methyl sites for hydroxylation is 1. The van der Waals surface area contributed by atoms with Crippen molar-refractivity contribution in [2.75, 3.05) is 6.54 Å². The van der Waals surface area contributed by atoms with Gasteiger partial charge in [0.15, 0.2) is 0 Å². The smallest absolute Gasteiger partial charge is 0.218 e. The molecular weight excluding hydrogens is 212 g/mol. The van der Waals surface area contributed by atoms with E-state index in [1.54, 1.807) is 0 Å². The SMILES string of the molecule is NC(=O)CCNC1CCCCc2ccccc21. The predicted octanol–water partition coefficient (Wildman–Crippen LogP) is 1.92. The predicted molar refractivity (Wildman–Crippen MR) is 68.6 cm³/mol. The van der Waals surface area contributed by atoms with E-state index >= 15 is 0 Å². The van der Waals surface area contributed by atoms with Gasteiger partial charge < -0.3 is 11.1 Å². The second-order valence-corrected chi connectivity index (χ2v) is 4.67. The molecule has 1 aromatic rings. The van der Waals surface area contributed by atoms with Crippen molar-refractivity contribution >= 4 is 5.91 Å². The van der Waals surface area contributed by atoms with Crippen molar-refractivity contribution in [1.29, 1.82) is 0 Å². The quantitative estimate of drug-likeness (QED) is 0.779. The van der Waals surface area contributed by atoms with Gasteiger partial charge in [0.05, 0.1) is 0 Å². The molecule has 1 aliphatic carbocycles. The van der Waals surface area contributed by atoms with E-state index in [2.05, 4.69) is 29.6 Å². The number of nitrogens with one attached hydrogen (secondary N) is 1. The van der Waals surface area contributed by atoms with Gasteiger partial charge in [0.1, 0.15) is 0 Å². The zero-order chi connectivity index (χ0) is 12.1. The van der Waals surface area contributed by atoms with Gasteiger partial charge in [0, 0.05) is 19.0 Å². The van der Waals surface area contributed by atoms with Crippen molar-refractivity contribution in [2.24, 2.45) is 5.73 Å². The largest absolute Gasteiger partial charge is 0.370 e. The van der Waals surface area contributed by atoms with E-state index in [-0.39, 0.29) is 5.91 Å². The van der Waals surface area contributed by atoms with Crippen LogP contribution >= 0.6 is 0 Å². The monoisotopic (exact) mass is 232 g/mol. The molecule has 1 atom stereocenters. The third-order valence-electron chi connectivity index (χ3n) is 3.38. The van der Waals surface area contributed by atoms with Crippen molar-refractivity contribution in [1.82, 2.24) is 5.32 Å². The molecular formula is C14H20N2O. The van der Waals surface area contributed by atoms with Crippen LogP contribution in [-0.2, 0) is 11.2 Å². The van der Waals surface area contributed by atoms with Gasteiger partial charge in [-0.25, -0.2) is 0 Å². The molecule has 3 nitrogen and oxygen atoms in total. The highest BCUT2D eigenvalue weighted by Crippen LogP contribution is 2.28. The standard InChI is InChI=1S/C14H20N2O/c15-14(17)9-10-16-13-8-4-2-6-11-5-1-3-7-12(11)13/h1,3,5,7,13,16H,2,4,6,8-10H2,(H2,15,17). The molecule has 0 aromatic heterocycles. The molecule has 0 radical (unpaired) electrons. The summed E-state index contributed by atoms with van der Waals surface area (Å²) in [6.07, 6.45) is 5.23. The molecule has 1 unspecified atom stereocenters. The van der Waals surface area contributed by atoms with Gasteiger partial charge in [-0.2, -0.15) is 0 Å². The van der Waals surface area contributed by atoms with Gasteiger partial charge in [-0.1, -0.05) is 30.7 Å². The first-order valence-corrected chi connectivity index (χ1v) is 6.37. The van der Waals surface area contributed by atoms with Crippen LogP contribution in [0.5, 0.6) is 0 Å². The first-order valence-electron chi connectivity index (χ1n) is 6.37. The highest BCUT2D eigenvalue weighted by atomic mass is 16.1. The Morgan fingerprint density at radius 1 is 1.35 bits per heavy atom. The molecule has 1 amide bonds. The fraction of sp³-hybridized carbons (Fsp3) is 0.500. The van der Waals surface area contributed by atoms with Crippen LogP contribution in [0.1, 0.15) is 42.9 Å². The number of carbonyl (C=O) groups excluding carboxylic acids is 1. The number of nitrogens with two attached hydrogens (primary N) is 1. The van der Waals surface area contributed by atoms with Crippen LogP contribution in [-0.4, -0.2) is 12.5 Å². The van der Waals surface area contributed by atoms with Crippen LogP contribution in [0.15, 0.2) is 24.3 Å². The van der Waals surface area contributed by atoms with E-state index in [9.17, 15) is 4.79 Å². The summed E-state index contributed by atoms with van der Waals surface area (Å²) in [5.41, 5.74) is 8.00. The van der Waals surface area contributed by atoms with E-state index in [0.29, 0.717) is 19.0 Å². The maximum atomic E-state index is 10.7. The van der Waals surface area contributed by atoms with Crippen LogP contribution in [0.25, 0.3) is 0 Å². The van der Waals surface area contributed by atoms with E-state index in [4.69, 9.17) is 5.73 Å². The topological polar surface area (TPSA) is 55.1 Å². The number of hydrogen-bond acceptors (Lipinski definition) is 2. The lowest BCUT2D eigenvalue weighted by Gasteiger charge is -2.19. The molecule has 0 aliphatic heterocycles. The lowest BCUT2D eigenvalue weighted by molar-refractivity contribution is -0.117. The maximum Gasteiger partial charge on any atom is 0.218 e. The minimum atomic E-state index is -0.237. The zero-order valence-electron chi connectivity index (χ0n) is 10.1. The second kappa shape index (κ2) is 5.82. The lowest BCUT2D eigenvalue weighted by Crippen LogP contribution is -2.26. The number of carbonyl (C=O) groups is 1. The molecule has 3 N–H and O–H groups in total. The average molecular weight is 232 g/mol. The molecule has 2 rings (SSSR count). The lowest BCUT2D eigenvalue weighted by atomic mass is 9.99. The number of rotatable bonds is 4. The molecule has 17 heavy (non-hydrogen) atoms. The average Bonchev–Trinajstić information content (AvgIpc) is 2.52. The Kier molecular flexibility index (Phi) is 4.15. The van der Waals surface area contributed by atoms with Gasteiger partial charge in [0.2, 0.25) is 5.91 Å². The zero-order valence-corrected chi connectivity index (χ0v) is 10.1. The van der Waals surface area contributed by atoms with Crippen molar-refractivity contribution in [3.63, 3.8) is 0 Å². The van der Waals surface area contributed by atoms with Crippen LogP contribution in [0.3, 0.4) is 0 Å². The fourth-order valence-electron chi connectivity index (χ4n) is 2.50. The highest BCUT2D eigenvalue weighted by Gasteiger charge is 2.17. The van der Waals surface area contributed by atoms with Crippen molar-refractivity contribution < 1.29 is 4.79 Å². The Hall–Kier alpha value is -1.35. The molecule has 3 heteroatoms. The van der Waals surface area contributed by atoms with E-state index in [1.807, 2.05) is 0 Å². The first kappa shape index (κ1) is 12.1. The summed E-state index contributed by atoms with van der Waals surface area (Å²) < 4.78 is 0. The van der Waals surface area contributed by atoms with Gasteiger partial charge in [-0.15, -0.1) is 0 Å². The molecule has 92 valence electrons. The Morgan fingerprint density at radius 2 is 2.18 bits per heavy atom. The fourth-order valence-corrected chi connectivity index (χ4v) is 2.50. The van der Waals surface area contributed by atoms with E-state index in [0.717, 1.165) is 6.42 Å². The third kappa shape index (κ3) is 3.30. The Balaban J connectivity index is 2.04. The van der Waals surface area contributed by atoms with Crippen LogP contribution in [0, 0.1) is 0 Å². The van der Waals surface area contributed by atoms with E-state index in [1.165, 1.54) is 30.4 Å². The Labute approximate surface area is 102 Å². The summed E-state index contributed by atoms with van der Waals surface area (Å²) in [6.45, 7) is 0.675. The van der Waals surface area contributed by atoms with Gasteiger partial charge in [-0.3, -0.25) is 4.79 Å². The molecule has 0 spiro atoms. The third-order valence-corrected chi connectivity index (χ3v) is 3.38. The summed E-state index contributed by atoms with van der Waals surface area (Å²) in [5.74, 6) is -0.237. The van der Waals surface area contributed by atoms with Gasteiger partial charge in [0.25, 0.3) is 0 Å². The molecule has 0 bridgehead atoms. The van der Waals surface area contributed by atoms with Crippen LogP contribution in [0.4, 0.5) is 0 Å². The minimum absolute atomic E-state index is 0.237. The summed E-state index contributed by atoms with van der Waals surface area (Å²) in [7, 11) is 0. The summed E-state index contributed by atoms with van der Waals surface area (Å²) in [5, 5.41) is 3.45. The second-order valence-electron chi connectivity index (χ2n) is 4.67. The summed E-state index contributed by atoms with van der Waals surface area (Å²) >= 11 is 0. The molecule has 0 heterocycles. The Morgan fingerprint density at radius 3 is 3.00 bits per heavy atom. The van der Waals surface area contributed by atoms with Crippen molar-refractivity contribution in [3.8, 4) is 0 Å². The molecule has 0 fully saturated rings. The van der Waals surface area contributed by atoms with Crippen molar-refractivity contribution in [2.45, 2.75) is 38.1 Å². The molecule has 1 aliphatic rings. The van der Waals surface area contributed by atoms with Crippen LogP contribution < -0.4 is 11.1 Å². The first-order chi connectivity index (χ1) is 8.27. The number of fused-ring (bicyclic) bond motifs is 1. The Bertz CT molecular complexity index is 390. The maximum absolute atomic E-state index is 10.7. The van der Waals surface area contributed by atoms with Gasteiger partial charge >= 0.3 is 0 Å². The van der Waals surface area contributed by atoms with Gasteiger partial charge in [-0.05, 0) is 30.4 Å². The van der Waals surface area contributed by atoms with Crippen LogP contribution in [0.2, 0.25) is 0 Å². The summed E-state index contributed by atoms with van der Waals surface area (Å²) in [4.78, 5) is 10.7. The minimum Gasteiger partial charge on any atom is -0.370 e. The number of primary amides is 1. The number of amides is 1. The molecule has 0 saturated carbocycles. The highest BCUT2D eigenvalue weighted by molar-refractivity contribution is 5.73. The van der Waals surface area contributed by atoms with E-state index < -0.39 is 0 Å². The van der Waals surface area contributed by atoms with Crippen molar-refractivity contribution in [3.05, 3.63) is 35.4 Å². The molecule has 0 saturated heterocycles. The number of benzene rings is 1. The normalized spacial score (nSPS) is 19.4. The summed E-state index contributed by atoms with van der Waals surface area (Å²) in [6, 6.07) is 8.98. The number of hydrogen-bond donors (Lipinski definition) is 2. The molecule has 1 aromatic carbocycles.